The van der Waals surface area contributed by atoms with Crippen molar-refractivity contribution in [3.63, 3.8) is 0 Å². The number of ketones is 1. The quantitative estimate of drug-likeness (QED) is 0.820. The molecule has 18 heavy (non-hydrogen) atoms. The van der Waals surface area contributed by atoms with E-state index in [4.69, 9.17) is 5.73 Å². The van der Waals surface area contributed by atoms with Gasteiger partial charge in [-0.05, 0) is 24.6 Å². The second-order valence-corrected chi connectivity index (χ2v) is 4.51. The van der Waals surface area contributed by atoms with Crippen molar-refractivity contribution in [1.82, 2.24) is 4.98 Å². The summed E-state index contributed by atoms with van der Waals surface area (Å²) in [7, 11) is 0. The average Bonchev–Trinajstić information content (AvgIpc) is 2.43. The van der Waals surface area contributed by atoms with Gasteiger partial charge in [-0.25, -0.2) is 0 Å². The lowest BCUT2D eigenvalue weighted by Gasteiger charge is -2.11. The normalized spacial score (nSPS) is 12.6. The molecule has 0 spiro atoms. The lowest BCUT2D eigenvalue weighted by molar-refractivity contribution is 0.0963. The van der Waals surface area contributed by atoms with E-state index in [1.807, 2.05) is 30.3 Å². The van der Waals surface area contributed by atoms with Gasteiger partial charge in [0, 0.05) is 23.6 Å². The highest BCUT2D eigenvalue weighted by molar-refractivity contribution is 6.07. The molecular formula is C15H18N2O. The van der Waals surface area contributed by atoms with E-state index in [9.17, 15) is 4.79 Å². The minimum Gasteiger partial charge on any atom is -0.330 e. The minimum absolute atomic E-state index is 0.158. The first kappa shape index (κ1) is 12.7. The average molecular weight is 242 g/mol. The van der Waals surface area contributed by atoms with Gasteiger partial charge < -0.3 is 5.73 Å². The topological polar surface area (TPSA) is 56.0 Å². The molecule has 0 saturated carbocycles. The van der Waals surface area contributed by atoms with Crippen molar-refractivity contribution in [3.05, 3.63) is 42.1 Å². The van der Waals surface area contributed by atoms with Gasteiger partial charge in [0.1, 0.15) is 0 Å². The number of hydrogen-bond acceptors (Lipinski definition) is 3. The third kappa shape index (κ3) is 2.57. The summed E-state index contributed by atoms with van der Waals surface area (Å²) < 4.78 is 0. The Morgan fingerprint density at radius 2 is 2.17 bits per heavy atom. The molecule has 0 saturated heterocycles. The van der Waals surface area contributed by atoms with Gasteiger partial charge >= 0.3 is 0 Å². The molecule has 0 radical (unpaired) electrons. The molecule has 2 rings (SSSR count). The molecule has 1 atom stereocenters. The van der Waals surface area contributed by atoms with E-state index in [2.05, 4.69) is 11.9 Å². The highest BCUT2D eigenvalue weighted by atomic mass is 16.1. The fourth-order valence-corrected chi connectivity index (χ4v) is 2.11. The fraction of sp³-hybridized carbons (Fsp3) is 0.333. The molecular weight excluding hydrogens is 224 g/mol. The molecule has 0 aliphatic heterocycles. The number of Topliss-reactive ketones (excluding diaryl/α,β-unsaturated/α-hetero) is 1. The summed E-state index contributed by atoms with van der Waals surface area (Å²) in [6.45, 7) is 2.63. The number of rotatable bonds is 5. The van der Waals surface area contributed by atoms with Crippen molar-refractivity contribution < 1.29 is 4.79 Å². The van der Waals surface area contributed by atoms with Gasteiger partial charge in [0.05, 0.1) is 5.52 Å². The van der Waals surface area contributed by atoms with Gasteiger partial charge in [-0.1, -0.05) is 31.5 Å². The zero-order chi connectivity index (χ0) is 13.0. The Hall–Kier alpha value is -1.74. The molecule has 0 amide bonds. The van der Waals surface area contributed by atoms with Gasteiger partial charge in [0.25, 0.3) is 0 Å². The first-order valence-corrected chi connectivity index (χ1v) is 6.33. The van der Waals surface area contributed by atoms with Gasteiger partial charge in [-0.15, -0.1) is 0 Å². The van der Waals surface area contributed by atoms with E-state index in [0.717, 1.165) is 22.9 Å². The smallest absolute Gasteiger partial charge is 0.163 e. The highest BCUT2D eigenvalue weighted by Crippen LogP contribution is 2.20. The summed E-state index contributed by atoms with van der Waals surface area (Å²) in [6.07, 6.45) is 3.19. The molecule has 0 aliphatic rings. The summed E-state index contributed by atoms with van der Waals surface area (Å²) in [5.41, 5.74) is 7.28. The molecule has 0 fully saturated rings. The predicted octanol–water partition coefficient (Wildman–Crippen LogP) is 2.79. The van der Waals surface area contributed by atoms with E-state index >= 15 is 0 Å². The van der Waals surface area contributed by atoms with Crippen LogP contribution in [-0.4, -0.2) is 17.3 Å². The van der Waals surface area contributed by atoms with Gasteiger partial charge in [0.15, 0.2) is 5.78 Å². The highest BCUT2D eigenvalue weighted by Gasteiger charge is 2.14. The van der Waals surface area contributed by atoms with Crippen molar-refractivity contribution in [2.75, 3.05) is 6.54 Å². The Labute approximate surface area is 107 Å². The summed E-state index contributed by atoms with van der Waals surface area (Å²) in [5, 5.41) is 0.928. The number of carbonyl (C=O) groups excluding carboxylic acids is 1. The van der Waals surface area contributed by atoms with Crippen LogP contribution in [0.25, 0.3) is 10.9 Å². The molecule has 1 aromatic heterocycles. The maximum Gasteiger partial charge on any atom is 0.163 e. The number of nitrogens with two attached hydrogens (primary N) is 1. The first-order valence-electron chi connectivity index (χ1n) is 6.33. The summed E-state index contributed by atoms with van der Waals surface area (Å²) in [6, 6.07) is 9.48. The van der Waals surface area contributed by atoms with E-state index in [1.54, 1.807) is 6.20 Å². The molecule has 1 unspecified atom stereocenters. The Kier molecular flexibility index (Phi) is 4.05. The van der Waals surface area contributed by atoms with Crippen LogP contribution in [0.4, 0.5) is 0 Å². The van der Waals surface area contributed by atoms with Crippen LogP contribution in [0.1, 0.15) is 30.1 Å². The van der Waals surface area contributed by atoms with Crippen LogP contribution in [0.15, 0.2) is 36.5 Å². The lowest BCUT2D eigenvalue weighted by Crippen LogP contribution is -2.17. The summed E-state index contributed by atoms with van der Waals surface area (Å²) in [5.74, 6) is 0.426. The molecule has 94 valence electrons. The van der Waals surface area contributed by atoms with Crippen LogP contribution in [0.3, 0.4) is 0 Å². The first-order chi connectivity index (χ1) is 8.76. The van der Waals surface area contributed by atoms with Crippen LogP contribution < -0.4 is 5.73 Å². The Morgan fingerprint density at radius 3 is 2.89 bits per heavy atom. The van der Waals surface area contributed by atoms with Gasteiger partial charge in [0.2, 0.25) is 0 Å². The second-order valence-electron chi connectivity index (χ2n) is 4.51. The van der Waals surface area contributed by atoms with Crippen molar-refractivity contribution in [1.29, 1.82) is 0 Å². The largest absolute Gasteiger partial charge is 0.330 e. The van der Waals surface area contributed by atoms with Crippen LogP contribution >= 0.6 is 0 Å². The lowest BCUT2D eigenvalue weighted by atomic mass is 9.94. The Bertz CT molecular complexity index is 542. The summed E-state index contributed by atoms with van der Waals surface area (Å²) in [4.78, 5) is 16.6. The zero-order valence-electron chi connectivity index (χ0n) is 10.6. The zero-order valence-corrected chi connectivity index (χ0v) is 10.6. The van der Waals surface area contributed by atoms with Crippen molar-refractivity contribution in [2.24, 2.45) is 11.7 Å². The van der Waals surface area contributed by atoms with E-state index in [1.165, 1.54) is 0 Å². The Morgan fingerprint density at radius 1 is 1.33 bits per heavy atom. The third-order valence-corrected chi connectivity index (χ3v) is 3.33. The molecule has 1 aromatic carbocycles. The van der Waals surface area contributed by atoms with E-state index < -0.39 is 0 Å². The van der Waals surface area contributed by atoms with Gasteiger partial charge in [-0.2, -0.15) is 0 Å². The van der Waals surface area contributed by atoms with Crippen molar-refractivity contribution >= 4 is 16.7 Å². The standard InChI is InChI=1S/C15H18N2O/c1-2-11(10-16)9-15(18)13-5-3-7-14-12(13)6-4-8-17-14/h3-8,11H,2,9-10,16H2,1H3. The molecule has 0 bridgehead atoms. The predicted molar refractivity (Wildman–Crippen MR) is 73.5 cm³/mol. The van der Waals surface area contributed by atoms with Crippen LogP contribution in [0, 0.1) is 5.92 Å². The number of carbonyl (C=O) groups is 1. The van der Waals surface area contributed by atoms with Crippen LogP contribution in [0.2, 0.25) is 0 Å². The third-order valence-electron chi connectivity index (χ3n) is 3.33. The van der Waals surface area contributed by atoms with Crippen LogP contribution in [-0.2, 0) is 0 Å². The van der Waals surface area contributed by atoms with Crippen molar-refractivity contribution in [3.8, 4) is 0 Å². The van der Waals surface area contributed by atoms with Crippen molar-refractivity contribution in [2.45, 2.75) is 19.8 Å². The molecule has 0 aliphatic carbocycles. The molecule has 3 heteroatoms. The number of nitrogens with zero attached hydrogens (tertiary/aromatic N) is 1. The fourth-order valence-electron chi connectivity index (χ4n) is 2.11. The molecule has 2 N–H and O–H groups in total. The number of hydrogen-bond donors (Lipinski definition) is 1. The molecule has 2 aromatic rings. The summed E-state index contributed by atoms with van der Waals surface area (Å²) >= 11 is 0. The Balaban J connectivity index is 2.33. The maximum absolute atomic E-state index is 12.3. The molecule has 1 heterocycles. The SMILES string of the molecule is CCC(CN)CC(=O)c1cccc2ncccc12. The van der Waals surface area contributed by atoms with E-state index in [-0.39, 0.29) is 11.7 Å². The molecule has 3 nitrogen and oxygen atoms in total. The monoisotopic (exact) mass is 242 g/mol. The number of aromatic nitrogens is 1. The second kappa shape index (κ2) is 5.74. The maximum atomic E-state index is 12.3. The number of pyridine rings is 1. The van der Waals surface area contributed by atoms with Gasteiger partial charge in [-0.3, -0.25) is 9.78 Å². The number of benzene rings is 1. The van der Waals surface area contributed by atoms with E-state index in [0.29, 0.717) is 13.0 Å². The van der Waals surface area contributed by atoms with Crippen LogP contribution in [0.5, 0.6) is 0 Å². The number of fused-ring (bicyclic) bond motifs is 1. The minimum atomic E-state index is 0.158.